The Bertz CT molecular complexity index is 2950. The monoisotopic (exact) mass is 1360 g/mol. The maximum atomic E-state index is 10.9. The molecule has 4 heterocycles. The van der Waals surface area contributed by atoms with Crippen molar-refractivity contribution in [1.29, 1.82) is 0 Å². The zero-order valence-electron chi connectivity index (χ0n) is 65.2. The van der Waals surface area contributed by atoms with Crippen LogP contribution in [0.1, 0.15) is 273 Å². The van der Waals surface area contributed by atoms with E-state index in [0.29, 0.717) is 59.8 Å². The number of hydrogen-bond acceptors (Lipinski definition) is 9. The molecule has 0 radical (unpaired) electrons. The van der Waals surface area contributed by atoms with Gasteiger partial charge in [-0.1, -0.05) is 226 Å². The van der Waals surface area contributed by atoms with Crippen LogP contribution in [0.5, 0.6) is 5.75 Å². The molecule has 548 valence electrons. The molecule has 5 N–H and O–H groups in total. The first-order valence-corrected chi connectivity index (χ1v) is 38.2. The number of carbonyl (C=O) groups is 3. The number of pyridine rings is 1. The summed E-state index contributed by atoms with van der Waals surface area (Å²) in [5.41, 5.74) is 16.9. The van der Waals surface area contributed by atoms with Gasteiger partial charge < -0.3 is 30.7 Å². The number of rotatable bonds is 20. The second-order valence-electron chi connectivity index (χ2n) is 29.7. The Hall–Kier alpha value is -6.25. The Balaban J connectivity index is 0.00000107. The summed E-state index contributed by atoms with van der Waals surface area (Å²) in [6.07, 6.45) is 15.6. The number of nitrogen functional groups attached to an aromatic ring is 1. The Labute approximate surface area is 593 Å². The van der Waals surface area contributed by atoms with Gasteiger partial charge in [0.05, 0.1) is 19.4 Å². The molecule has 3 amide bonds. The summed E-state index contributed by atoms with van der Waals surface area (Å²) < 4.78 is 34.3. The first kappa shape index (κ1) is 90.8. The third-order valence-corrected chi connectivity index (χ3v) is 17.5. The SMILES string of the molecule is CC(=O)Nc1cccc(C(C)C)c1.CC(C)CC1CCC(=O)N1.CC(C)CC1CCS(=O)(=O)N1.CC(C)CCC(C)C.CC(C)CCN1CCOC1=O.CC(C)c1cccc(N)c1.CCc1cccc(C(C)C)c1.CCc1cnccc1CC(C)C.COc1cccc(C(C)C)c1. The second kappa shape index (κ2) is 51.0. The first-order chi connectivity index (χ1) is 45.5. The van der Waals surface area contributed by atoms with E-state index >= 15 is 0 Å². The molecule has 2 unspecified atom stereocenters. The van der Waals surface area contributed by atoms with Crippen molar-refractivity contribution in [1.82, 2.24) is 19.9 Å². The Morgan fingerprint density at radius 2 is 1.13 bits per heavy atom. The summed E-state index contributed by atoms with van der Waals surface area (Å²) in [7, 11) is -1.20. The van der Waals surface area contributed by atoms with Crippen molar-refractivity contribution in [2.75, 3.05) is 43.6 Å². The number of benzene rings is 4. The summed E-state index contributed by atoms with van der Waals surface area (Å²) in [5, 5.41) is 5.71. The number of anilines is 2. The van der Waals surface area contributed by atoms with Gasteiger partial charge in [0.25, 0.3) is 0 Å². The summed E-state index contributed by atoms with van der Waals surface area (Å²) in [6, 6.07) is 35.7. The number of aryl methyl sites for hydroxylation is 2. The molecule has 2 atom stereocenters. The van der Waals surface area contributed by atoms with Gasteiger partial charge in [-0.15, -0.1) is 0 Å². The second-order valence-corrected chi connectivity index (χ2v) is 31.6. The molecule has 0 spiro atoms. The third-order valence-electron chi connectivity index (χ3n) is 16.1. The van der Waals surface area contributed by atoms with Crippen LogP contribution in [0.25, 0.3) is 0 Å². The van der Waals surface area contributed by atoms with E-state index in [0.717, 1.165) is 99.3 Å². The molecule has 0 aliphatic carbocycles. The molecule has 0 bridgehead atoms. The molecule has 3 aliphatic rings. The smallest absolute Gasteiger partial charge is 0.409 e. The molecule has 5 aromatic rings. The van der Waals surface area contributed by atoms with Crippen molar-refractivity contribution in [3.63, 3.8) is 0 Å². The van der Waals surface area contributed by atoms with Crippen LogP contribution in [0.2, 0.25) is 0 Å². The Morgan fingerprint density at radius 3 is 1.56 bits per heavy atom. The number of sulfonamides is 1. The summed E-state index contributed by atoms with van der Waals surface area (Å²) >= 11 is 0. The Morgan fingerprint density at radius 1 is 0.619 bits per heavy atom. The highest BCUT2D eigenvalue weighted by atomic mass is 32.2. The van der Waals surface area contributed by atoms with Gasteiger partial charge in [0.1, 0.15) is 12.4 Å². The molecular weight excluding hydrogens is 1230 g/mol. The van der Waals surface area contributed by atoms with Gasteiger partial charge in [-0.25, -0.2) is 17.9 Å². The van der Waals surface area contributed by atoms with Crippen molar-refractivity contribution in [3.8, 4) is 5.75 Å². The van der Waals surface area contributed by atoms with E-state index in [2.05, 4.69) is 227 Å². The van der Waals surface area contributed by atoms with Gasteiger partial charge in [0, 0.05) is 55.7 Å². The molecule has 0 saturated carbocycles. The van der Waals surface area contributed by atoms with Crippen molar-refractivity contribution >= 4 is 39.3 Å². The molecule has 8 rings (SSSR count). The van der Waals surface area contributed by atoms with Crippen molar-refractivity contribution in [2.24, 2.45) is 35.5 Å². The van der Waals surface area contributed by atoms with Crippen LogP contribution >= 0.6 is 0 Å². The zero-order valence-corrected chi connectivity index (χ0v) is 66.1. The van der Waals surface area contributed by atoms with Gasteiger partial charge in [0.15, 0.2) is 0 Å². The Kier molecular flexibility index (Phi) is 47.7. The average Bonchev–Trinajstić information content (AvgIpc) is 1.91. The highest BCUT2D eigenvalue weighted by molar-refractivity contribution is 7.89. The molecule has 13 nitrogen and oxygen atoms in total. The van der Waals surface area contributed by atoms with Crippen LogP contribution in [-0.2, 0) is 43.6 Å². The fourth-order valence-corrected chi connectivity index (χ4v) is 11.7. The number of cyclic esters (lactones) is 1. The standard InChI is InChI=1S/C11H15NO.C11H17N.C11H16.C10H14O.C9H13N.C8H15NO2.C8H15NO.C8H18.C7H15NO2S/c1-8(2)10-5-4-6-11(7-10)12-9(3)13;1-4-10-8-12-6-5-11(10)7-9(2)3;1-4-10-6-5-7-11(8-10)9(2)3;1-8(2)9-5-4-6-10(7-9)11-3;1-7(2)8-4-3-5-9(10)6-8;1-7(2)3-4-9-5-6-11-8(9)10;1-6(2)5-7-3-4-8(10)9-7;1-7(2)5-6-8(3)4;1-6(2)5-7-3-4-11(9,10)8-7/h4-8H,1-3H3,(H,12,13);5-6,8-9H,4,7H2,1-3H3;5-9H,4H2,1-3H3;4-8H,1-3H3;3-7H,10H2,1-2H3;7H,3-6H2,1-2H3;6-7H,3-5H2,1-2H3,(H,9,10);7-8H,5-6H2,1-4H3;6-8H,3-5H2,1-2H3. The van der Waals surface area contributed by atoms with Crippen LogP contribution < -0.4 is 25.8 Å². The molecule has 3 saturated heterocycles. The topological polar surface area (TPSA) is 182 Å². The van der Waals surface area contributed by atoms with Crippen LogP contribution in [0.3, 0.4) is 0 Å². The predicted octanol–water partition coefficient (Wildman–Crippen LogP) is 20.8. The molecule has 1 aromatic heterocycles. The number of amides is 3. The van der Waals surface area contributed by atoms with Crippen molar-refractivity contribution in [3.05, 3.63) is 154 Å². The number of methoxy groups -OCH3 is 1. The quantitative estimate of drug-likeness (QED) is 0.0551. The third kappa shape index (κ3) is 45.9. The lowest BCUT2D eigenvalue weighted by Crippen LogP contribution is -2.26. The van der Waals surface area contributed by atoms with Crippen LogP contribution in [0.15, 0.2) is 116 Å². The van der Waals surface area contributed by atoms with Gasteiger partial charge in [-0.05, 0) is 192 Å². The normalized spacial score (nSPS) is 15.0. The number of aromatic nitrogens is 1. The van der Waals surface area contributed by atoms with E-state index < -0.39 is 10.0 Å². The van der Waals surface area contributed by atoms with E-state index in [4.69, 9.17) is 15.2 Å². The molecule has 97 heavy (non-hydrogen) atoms. The lowest BCUT2D eigenvalue weighted by molar-refractivity contribution is -0.119. The van der Waals surface area contributed by atoms with E-state index in [1.54, 1.807) is 12.0 Å². The van der Waals surface area contributed by atoms with Crippen molar-refractivity contribution < 1.29 is 32.3 Å². The van der Waals surface area contributed by atoms with Crippen LogP contribution in [0.4, 0.5) is 16.2 Å². The lowest BCUT2D eigenvalue weighted by Gasteiger charge is -2.13. The number of carbonyl (C=O) groups excluding carboxylic acids is 3. The first-order valence-electron chi connectivity index (χ1n) is 36.6. The molecule has 3 aliphatic heterocycles. The minimum Gasteiger partial charge on any atom is -0.497 e. The number of ether oxygens (including phenoxy) is 2. The minimum absolute atomic E-state index is 0.0269. The maximum Gasteiger partial charge on any atom is 0.409 e. The molecular formula is C83H138N6O7S. The molecule has 3 fully saturated rings. The van der Waals surface area contributed by atoms with E-state index in [9.17, 15) is 22.8 Å². The van der Waals surface area contributed by atoms with E-state index in [1.807, 2.05) is 60.9 Å². The lowest BCUT2D eigenvalue weighted by atomic mass is 9.99. The summed E-state index contributed by atoms with van der Waals surface area (Å²) in [5.74, 6) is 8.18. The maximum absolute atomic E-state index is 10.9. The van der Waals surface area contributed by atoms with Gasteiger partial charge in [-0.2, -0.15) is 0 Å². The number of nitrogens with zero attached hydrogens (tertiary/aromatic N) is 2. The molecule has 4 aromatic carbocycles. The van der Waals surface area contributed by atoms with Gasteiger partial charge in [0.2, 0.25) is 21.8 Å². The fraction of sp³-hybridized carbons (Fsp3) is 0.614. The van der Waals surface area contributed by atoms with Gasteiger partial charge >= 0.3 is 6.09 Å². The average molecular weight is 1360 g/mol. The minimum atomic E-state index is -2.89. The summed E-state index contributed by atoms with van der Waals surface area (Å²) in [6.45, 7) is 52.0. The predicted molar refractivity (Wildman–Crippen MR) is 416 cm³/mol. The molecule has 14 heteroatoms. The van der Waals surface area contributed by atoms with Gasteiger partial charge in [-0.3, -0.25) is 14.6 Å². The highest BCUT2D eigenvalue weighted by Crippen LogP contribution is 2.22. The number of hydrogen-bond donors (Lipinski definition) is 4. The van der Waals surface area contributed by atoms with E-state index in [-0.39, 0.29) is 23.9 Å². The number of nitrogens with two attached hydrogens (primary N) is 1. The van der Waals surface area contributed by atoms with E-state index in [1.165, 1.54) is 65.1 Å². The van der Waals surface area contributed by atoms with Crippen molar-refractivity contribution in [2.45, 2.75) is 266 Å². The number of nitrogens with one attached hydrogen (secondary N) is 3. The largest absolute Gasteiger partial charge is 0.497 e. The summed E-state index contributed by atoms with van der Waals surface area (Å²) in [4.78, 5) is 38.3. The fourth-order valence-electron chi connectivity index (χ4n) is 10.2. The highest BCUT2D eigenvalue weighted by Gasteiger charge is 2.27. The zero-order chi connectivity index (χ0) is 73.8. The van der Waals surface area contributed by atoms with Crippen LogP contribution in [-0.4, -0.2) is 80.9 Å². The van der Waals surface area contributed by atoms with Crippen LogP contribution in [0, 0.1) is 35.5 Å².